The molecule has 110 valence electrons. The number of nitrogens with zero attached hydrogens (tertiary/aromatic N) is 1. The van der Waals surface area contributed by atoms with Crippen LogP contribution in [0, 0.1) is 5.82 Å². The Balaban J connectivity index is 2.43. The Labute approximate surface area is 126 Å². The van der Waals surface area contributed by atoms with Crippen LogP contribution in [0.4, 0.5) is 10.1 Å². The van der Waals surface area contributed by atoms with Gasteiger partial charge in [-0.3, -0.25) is 4.79 Å². The molecule has 0 aromatic heterocycles. The molecule has 2 N–H and O–H groups in total. The minimum atomic E-state index is -0.468. The largest absolute Gasteiger partial charge is 0.455 e. The van der Waals surface area contributed by atoms with Crippen molar-refractivity contribution in [3.05, 3.63) is 52.8 Å². The molecule has 0 saturated carbocycles. The lowest BCUT2D eigenvalue weighted by Gasteiger charge is -2.15. The van der Waals surface area contributed by atoms with Gasteiger partial charge in [0.1, 0.15) is 17.3 Å². The molecule has 0 unspecified atom stereocenters. The van der Waals surface area contributed by atoms with Gasteiger partial charge in [-0.1, -0.05) is 11.6 Å². The molecule has 0 aliphatic rings. The molecule has 2 aromatic carbocycles. The van der Waals surface area contributed by atoms with Gasteiger partial charge in [0.25, 0.3) is 5.91 Å². The number of benzene rings is 2. The van der Waals surface area contributed by atoms with E-state index in [1.165, 1.54) is 23.1 Å². The number of carbonyl (C=O) groups excluding carboxylic acids is 1. The van der Waals surface area contributed by atoms with Crippen molar-refractivity contribution < 1.29 is 13.9 Å². The molecule has 0 saturated heterocycles. The summed E-state index contributed by atoms with van der Waals surface area (Å²) in [4.78, 5) is 13.5. The van der Waals surface area contributed by atoms with Gasteiger partial charge in [0.05, 0.1) is 10.6 Å². The van der Waals surface area contributed by atoms with Gasteiger partial charge < -0.3 is 15.4 Å². The Morgan fingerprint density at radius 1 is 1.19 bits per heavy atom. The normalized spacial score (nSPS) is 10.3. The van der Waals surface area contributed by atoms with Crippen molar-refractivity contribution in [1.29, 1.82) is 0 Å². The molecular formula is C15H14ClFN2O2. The van der Waals surface area contributed by atoms with Crippen LogP contribution in [0.3, 0.4) is 0 Å². The molecule has 2 rings (SSSR count). The van der Waals surface area contributed by atoms with Gasteiger partial charge in [-0.15, -0.1) is 0 Å². The fraction of sp³-hybridized carbons (Fsp3) is 0.133. The molecule has 21 heavy (non-hydrogen) atoms. The molecule has 2 aromatic rings. The van der Waals surface area contributed by atoms with E-state index in [1.54, 1.807) is 26.2 Å². The van der Waals surface area contributed by atoms with Crippen molar-refractivity contribution in [2.75, 3.05) is 19.8 Å². The number of ether oxygens (including phenoxy) is 1. The molecule has 0 aliphatic heterocycles. The lowest BCUT2D eigenvalue weighted by atomic mass is 10.1. The first-order chi connectivity index (χ1) is 9.88. The Kier molecular flexibility index (Phi) is 4.33. The van der Waals surface area contributed by atoms with Gasteiger partial charge in [0.2, 0.25) is 0 Å². The molecule has 0 fully saturated rings. The van der Waals surface area contributed by atoms with E-state index in [0.717, 1.165) is 6.07 Å². The molecule has 0 radical (unpaired) electrons. The average Bonchev–Trinajstić information content (AvgIpc) is 2.41. The monoisotopic (exact) mass is 308 g/mol. The van der Waals surface area contributed by atoms with E-state index in [0.29, 0.717) is 11.3 Å². The van der Waals surface area contributed by atoms with Crippen LogP contribution >= 0.6 is 11.6 Å². The second-order valence-corrected chi connectivity index (χ2v) is 5.04. The van der Waals surface area contributed by atoms with Crippen LogP contribution in [0.25, 0.3) is 0 Å². The van der Waals surface area contributed by atoms with E-state index in [-0.39, 0.29) is 22.4 Å². The van der Waals surface area contributed by atoms with Gasteiger partial charge >= 0.3 is 0 Å². The average molecular weight is 309 g/mol. The predicted molar refractivity (Wildman–Crippen MR) is 80.4 cm³/mol. The number of rotatable bonds is 3. The van der Waals surface area contributed by atoms with Crippen LogP contribution < -0.4 is 10.5 Å². The summed E-state index contributed by atoms with van der Waals surface area (Å²) in [7, 11) is 3.26. The van der Waals surface area contributed by atoms with Crippen molar-refractivity contribution in [3.8, 4) is 11.5 Å². The summed E-state index contributed by atoms with van der Waals surface area (Å²) in [6.45, 7) is 0. The minimum absolute atomic E-state index is 0.112. The summed E-state index contributed by atoms with van der Waals surface area (Å²) in [5.74, 6) is -0.188. The molecule has 0 bridgehead atoms. The van der Waals surface area contributed by atoms with Crippen molar-refractivity contribution in [1.82, 2.24) is 4.90 Å². The minimum Gasteiger partial charge on any atom is -0.455 e. The Hall–Kier alpha value is -2.27. The van der Waals surface area contributed by atoms with Gasteiger partial charge in [0.15, 0.2) is 0 Å². The molecule has 0 spiro atoms. The van der Waals surface area contributed by atoms with Crippen LogP contribution in [0.1, 0.15) is 10.4 Å². The fourth-order valence-corrected chi connectivity index (χ4v) is 1.92. The summed E-state index contributed by atoms with van der Waals surface area (Å²) in [6.07, 6.45) is 0. The predicted octanol–water partition coefficient (Wildman–Crippen LogP) is 3.56. The maximum Gasteiger partial charge on any atom is 0.257 e. The lowest BCUT2D eigenvalue weighted by molar-refractivity contribution is 0.0825. The van der Waals surface area contributed by atoms with E-state index in [9.17, 15) is 9.18 Å². The quantitative estimate of drug-likeness (QED) is 0.882. The number of amides is 1. The summed E-state index contributed by atoms with van der Waals surface area (Å²) >= 11 is 5.92. The highest BCUT2D eigenvalue weighted by molar-refractivity contribution is 6.32. The molecular weight excluding hydrogens is 295 g/mol. The van der Waals surface area contributed by atoms with Gasteiger partial charge in [-0.2, -0.15) is 0 Å². The highest BCUT2D eigenvalue weighted by Gasteiger charge is 2.16. The maximum atomic E-state index is 13.0. The van der Waals surface area contributed by atoms with Gasteiger partial charge in [0, 0.05) is 25.8 Å². The number of nitrogens with two attached hydrogens (primary N) is 1. The number of carbonyl (C=O) groups is 1. The molecule has 4 nitrogen and oxygen atoms in total. The standard InChI is InChI=1S/C15H14ClFN2O2/c1-19(2)15(20)11-5-4-10(18)8-14(11)21-13-6-3-9(17)7-12(13)16/h3-8H,18H2,1-2H3. The molecule has 1 amide bonds. The molecule has 0 atom stereocenters. The maximum absolute atomic E-state index is 13.0. The first-order valence-corrected chi connectivity index (χ1v) is 6.50. The van der Waals surface area contributed by atoms with Gasteiger partial charge in [-0.25, -0.2) is 4.39 Å². The molecule has 0 heterocycles. The summed E-state index contributed by atoms with van der Waals surface area (Å²) in [6, 6.07) is 8.46. The van der Waals surface area contributed by atoms with Crippen LogP contribution in [0.2, 0.25) is 5.02 Å². The van der Waals surface area contributed by atoms with Crippen LogP contribution in [0.15, 0.2) is 36.4 Å². The SMILES string of the molecule is CN(C)C(=O)c1ccc(N)cc1Oc1ccc(F)cc1Cl. The number of halogens is 2. The molecule has 6 heteroatoms. The zero-order chi connectivity index (χ0) is 15.6. The Morgan fingerprint density at radius 2 is 1.90 bits per heavy atom. The van der Waals surface area contributed by atoms with E-state index < -0.39 is 5.82 Å². The van der Waals surface area contributed by atoms with E-state index in [1.807, 2.05) is 0 Å². The van der Waals surface area contributed by atoms with E-state index >= 15 is 0 Å². The van der Waals surface area contributed by atoms with Crippen LogP contribution in [-0.2, 0) is 0 Å². The highest BCUT2D eigenvalue weighted by Crippen LogP contribution is 2.33. The molecule has 0 aliphatic carbocycles. The zero-order valence-corrected chi connectivity index (χ0v) is 12.3. The number of hydrogen-bond donors (Lipinski definition) is 1. The zero-order valence-electron chi connectivity index (χ0n) is 11.6. The topological polar surface area (TPSA) is 55.6 Å². The Bertz CT molecular complexity index is 689. The number of anilines is 1. The van der Waals surface area contributed by atoms with Crippen LogP contribution in [0.5, 0.6) is 11.5 Å². The number of hydrogen-bond acceptors (Lipinski definition) is 3. The third kappa shape index (κ3) is 3.44. The van der Waals surface area contributed by atoms with Gasteiger partial charge in [-0.05, 0) is 30.3 Å². The first kappa shape index (κ1) is 15.1. The second kappa shape index (κ2) is 6.01. The first-order valence-electron chi connectivity index (χ1n) is 6.12. The van der Waals surface area contributed by atoms with Crippen molar-refractivity contribution >= 4 is 23.2 Å². The third-order valence-electron chi connectivity index (χ3n) is 2.76. The smallest absolute Gasteiger partial charge is 0.257 e. The number of nitrogen functional groups attached to an aromatic ring is 1. The van der Waals surface area contributed by atoms with Crippen LogP contribution in [-0.4, -0.2) is 24.9 Å². The summed E-state index contributed by atoms with van der Waals surface area (Å²) in [5.41, 5.74) is 6.51. The van der Waals surface area contributed by atoms with E-state index in [2.05, 4.69) is 0 Å². The second-order valence-electron chi connectivity index (χ2n) is 4.63. The summed E-state index contributed by atoms with van der Waals surface area (Å²) < 4.78 is 18.7. The Morgan fingerprint density at radius 3 is 2.52 bits per heavy atom. The van der Waals surface area contributed by atoms with Crippen molar-refractivity contribution in [2.45, 2.75) is 0 Å². The van der Waals surface area contributed by atoms with Crippen molar-refractivity contribution in [2.24, 2.45) is 0 Å². The van der Waals surface area contributed by atoms with E-state index in [4.69, 9.17) is 22.1 Å². The highest BCUT2D eigenvalue weighted by atomic mass is 35.5. The summed E-state index contributed by atoms with van der Waals surface area (Å²) in [5, 5.41) is 0.112. The third-order valence-corrected chi connectivity index (χ3v) is 3.05. The van der Waals surface area contributed by atoms with Crippen molar-refractivity contribution in [3.63, 3.8) is 0 Å². The lowest BCUT2D eigenvalue weighted by Crippen LogP contribution is -2.22. The fourth-order valence-electron chi connectivity index (χ4n) is 1.72.